The van der Waals surface area contributed by atoms with Crippen LogP contribution in [0.3, 0.4) is 0 Å². The number of non-ortho nitro benzene ring substituents is 1. The number of amides is 2. The quantitative estimate of drug-likeness (QED) is 0.590. The van der Waals surface area contributed by atoms with Crippen molar-refractivity contribution in [2.45, 2.75) is 20.8 Å². The average molecular weight is 376 g/mol. The van der Waals surface area contributed by atoms with Gasteiger partial charge in [0.2, 0.25) is 5.91 Å². The van der Waals surface area contributed by atoms with Crippen LogP contribution in [-0.4, -0.2) is 39.7 Å². The van der Waals surface area contributed by atoms with Crippen molar-refractivity contribution in [3.63, 3.8) is 0 Å². The first-order chi connectivity index (χ1) is 12.3. The van der Waals surface area contributed by atoms with Crippen molar-refractivity contribution in [3.8, 4) is 0 Å². The average Bonchev–Trinajstić information content (AvgIpc) is 2.98. The van der Waals surface area contributed by atoms with Crippen molar-refractivity contribution in [1.82, 2.24) is 9.88 Å². The molecule has 0 aliphatic rings. The number of aromatic nitrogens is 1. The second-order valence-electron chi connectivity index (χ2n) is 6.21. The van der Waals surface area contributed by atoms with Gasteiger partial charge in [0.1, 0.15) is 6.54 Å². The molecular weight excluding hydrogens is 356 g/mol. The number of carbonyl (C=O) groups excluding carboxylic acids is 2. The molecule has 1 heterocycles. The van der Waals surface area contributed by atoms with Crippen molar-refractivity contribution >= 4 is 34.0 Å². The van der Waals surface area contributed by atoms with Crippen LogP contribution in [0.5, 0.6) is 0 Å². The maximum atomic E-state index is 12.7. The summed E-state index contributed by atoms with van der Waals surface area (Å²) in [6.45, 7) is 6.04. The molecule has 2 rings (SSSR count). The molecule has 0 saturated heterocycles. The molecule has 0 saturated carbocycles. The van der Waals surface area contributed by atoms with E-state index in [1.54, 1.807) is 6.20 Å². The Morgan fingerprint density at radius 1 is 1.31 bits per heavy atom. The number of nitro groups is 1. The van der Waals surface area contributed by atoms with Crippen LogP contribution in [0.15, 0.2) is 30.5 Å². The number of rotatable bonds is 7. The van der Waals surface area contributed by atoms with Crippen molar-refractivity contribution in [3.05, 3.63) is 51.0 Å². The van der Waals surface area contributed by atoms with E-state index in [9.17, 15) is 19.7 Å². The van der Waals surface area contributed by atoms with Gasteiger partial charge in [0, 0.05) is 35.3 Å². The van der Waals surface area contributed by atoms with E-state index < -0.39 is 4.92 Å². The summed E-state index contributed by atoms with van der Waals surface area (Å²) in [5, 5.41) is 13.9. The first kappa shape index (κ1) is 19.5. The number of benzene rings is 1. The predicted octanol–water partition coefficient (Wildman–Crippen LogP) is 3.10. The Labute approximate surface area is 155 Å². The lowest BCUT2D eigenvalue weighted by Crippen LogP contribution is -2.40. The van der Waals surface area contributed by atoms with E-state index in [0.717, 1.165) is 4.88 Å². The van der Waals surface area contributed by atoms with E-state index in [-0.39, 0.29) is 30.0 Å². The minimum atomic E-state index is -0.524. The number of hydrogen-bond donors (Lipinski definition) is 1. The molecule has 0 atom stereocenters. The van der Waals surface area contributed by atoms with E-state index in [2.05, 4.69) is 10.3 Å². The summed E-state index contributed by atoms with van der Waals surface area (Å²) in [6.07, 6.45) is 1.66. The first-order valence-electron chi connectivity index (χ1n) is 8.02. The fourth-order valence-electron chi connectivity index (χ4n) is 2.31. The Balaban J connectivity index is 2.10. The molecule has 1 aromatic heterocycles. The highest BCUT2D eigenvalue weighted by Crippen LogP contribution is 2.17. The Morgan fingerprint density at radius 2 is 1.96 bits per heavy atom. The fourth-order valence-corrected chi connectivity index (χ4v) is 2.99. The Morgan fingerprint density at radius 3 is 2.46 bits per heavy atom. The van der Waals surface area contributed by atoms with Crippen LogP contribution in [0.1, 0.15) is 29.1 Å². The smallest absolute Gasteiger partial charge is 0.269 e. The standard InChI is InChI=1S/C17H20N4O4S/c1-11(2)9-20(10-15(22)19-17-18-8-12(3)26-17)16(23)13-4-6-14(7-5-13)21(24)25/h4-8,11H,9-10H2,1-3H3,(H,18,19,22). The number of anilines is 1. The molecule has 2 amide bonds. The zero-order valence-corrected chi connectivity index (χ0v) is 15.6. The number of nitrogens with one attached hydrogen (secondary N) is 1. The van der Waals surface area contributed by atoms with Crippen LogP contribution in [0.2, 0.25) is 0 Å². The minimum absolute atomic E-state index is 0.0890. The molecule has 0 bridgehead atoms. The Kier molecular flexibility index (Phi) is 6.40. The molecule has 0 fully saturated rings. The van der Waals surface area contributed by atoms with E-state index in [1.807, 2.05) is 20.8 Å². The second-order valence-corrected chi connectivity index (χ2v) is 7.44. The van der Waals surface area contributed by atoms with Crippen molar-refractivity contribution in [2.75, 3.05) is 18.4 Å². The molecule has 1 aromatic carbocycles. The highest BCUT2D eigenvalue weighted by Gasteiger charge is 2.21. The lowest BCUT2D eigenvalue weighted by atomic mass is 10.1. The lowest BCUT2D eigenvalue weighted by molar-refractivity contribution is -0.384. The highest BCUT2D eigenvalue weighted by molar-refractivity contribution is 7.15. The summed E-state index contributed by atoms with van der Waals surface area (Å²) in [5.41, 5.74) is 0.211. The molecule has 1 N–H and O–H groups in total. The van der Waals surface area contributed by atoms with Crippen molar-refractivity contribution < 1.29 is 14.5 Å². The van der Waals surface area contributed by atoms with Crippen LogP contribution in [0, 0.1) is 23.0 Å². The summed E-state index contributed by atoms with van der Waals surface area (Å²) < 4.78 is 0. The SMILES string of the molecule is Cc1cnc(NC(=O)CN(CC(C)C)C(=O)c2ccc([N+](=O)[O-])cc2)s1. The van der Waals surface area contributed by atoms with Crippen LogP contribution in [0.25, 0.3) is 0 Å². The summed E-state index contributed by atoms with van der Waals surface area (Å²) >= 11 is 1.36. The third-order valence-electron chi connectivity index (χ3n) is 3.40. The highest BCUT2D eigenvalue weighted by atomic mass is 32.1. The molecule has 0 spiro atoms. The van der Waals surface area contributed by atoms with Gasteiger partial charge < -0.3 is 10.2 Å². The van der Waals surface area contributed by atoms with Gasteiger partial charge in [-0.3, -0.25) is 19.7 Å². The summed E-state index contributed by atoms with van der Waals surface area (Å²) in [7, 11) is 0. The van der Waals surface area contributed by atoms with Crippen LogP contribution >= 0.6 is 11.3 Å². The van der Waals surface area contributed by atoms with E-state index in [1.165, 1.54) is 40.5 Å². The van der Waals surface area contributed by atoms with Crippen LogP contribution < -0.4 is 5.32 Å². The topological polar surface area (TPSA) is 105 Å². The third kappa shape index (κ3) is 5.35. The molecule has 2 aromatic rings. The van der Waals surface area contributed by atoms with Crippen LogP contribution in [0.4, 0.5) is 10.8 Å². The first-order valence-corrected chi connectivity index (χ1v) is 8.84. The predicted molar refractivity (Wildman–Crippen MR) is 99.3 cm³/mol. The number of thiazole rings is 1. The van der Waals surface area contributed by atoms with Gasteiger partial charge in [-0.15, -0.1) is 11.3 Å². The summed E-state index contributed by atoms with van der Waals surface area (Å²) in [5.74, 6) is -0.527. The van der Waals surface area contributed by atoms with E-state index >= 15 is 0 Å². The zero-order chi connectivity index (χ0) is 19.3. The fraction of sp³-hybridized carbons (Fsp3) is 0.353. The molecule has 138 valence electrons. The number of carbonyl (C=O) groups is 2. The van der Waals surface area contributed by atoms with Gasteiger partial charge in [-0.05, 0) is 25.0 Å². The Hall–Kier alpha value is -2.81. The molecule has 0 aliphatic heterocycles. The van der Waals surface area contributed by atoms with Crippen molar-refractivity contribution in [2.24, 2.45) is 5.92 Å². The number of nitrogens with zero attached hydrogens (tertiary/aromatic N) is 3. The van der Waals surface area contributed by atoms with Crippen molar-refractivity contribution in [1.29, 1.82) is 0 Å². The van der Waals surface area contributed by atoms with Gasteiger partial charge in [0.15, 0.2) is 5.13 Å². The van der Waals surface area contributed by atoms with Gasteiger partial charge in [-0.25, -0.2) is 4.98 Å². The monoisotopic (exact) mass is 376 g/mol. The summed E-state index contributed by atoms with van der Waals surface area (Å²) in [6, 6.07) is 5.35. The molecule has 0 radical (unpaired) electrons. The molecule has 9 heteroatoms. The maximum absolute atomic E-state index is 12.7. The molecule has 0 unspecified atom stereocenters. The zero-order valence-electron chi connectivity index (χ0n) is 14.8. The second kappa shape index (κ2) is 8.52. The maximum Gasteiger partial charge on any atom is 0.269 e. The number of hydrogen-bond acceptors (Lipinski definition) is 6. The molecule has 0 aliphatic carbocycles. The normalized spacial score (nSPS) is 10.6. The molecule has 26 heavy (non-hydrogen) atoms. The van der Waals surface area contributed by atoms with Gasteiger partial charge in [-0.1, -0.05) is 13.8 Å². The lowest BCUT2D eigenvalue weighted by Gasteiger charge is -2.24. The van der Waals surface area contributed by atoms with Gasteiger partial charge >= 0.3 is 0 Å². The largest absolute Gasteiger partial charge is 0.329 e. The third-order valence-corrected chi connectivity index (χ3v) is 4.23. The van der Waals surface area contributed by atoms with E-state index in [0.29, 0.717) is 17.2 Å². The van der Waals surface area contributed by atoms with Crippen LogP contribution in [-0.2, 0) is 4.79 Å². The number of nitro benzene ring substituents is 1. The van der Waals surface area contributed by atoms with Gasteiger partial charge in [0.25, 0.3) is 11.6 Å². The Bertz CT molecular complexity index is 801. The summed E-state index contributed by atoms with van der Waals surface area (Å²) in [4.78, 5) is 41.7. The number of aryl methyl sites for hydroxylation is 1. The minimum Gasteiger partial charge on any atom is -0.329 e. The van der Waals surface area contributed by atoms with E-state index in [4.69, 9.17) is 0 Å². The van der Waals surface area contributed by atoms with Gasteiger partial charge in [-0.2, -0.15) is 0 Å². The molecular formula is C17H20N4O4S. The van der Waals surface area contributed by atoms with Gasteiger partial charge in [0.05, 0.1) is 4.92 Å². The molecule has 8 nitrogen and oxygen atoms in total.